The van der Waals surface area contributed by atoms with Gasteiger partial charge in [0.15, 0.2) is 5.96 Å². The van der Waals surface area contributed by atoms with Crippen LogP contribution in [0.3, 0.4) is 0 Å². The molecular formula is C23H30IN3O. The van der Waals surface area contributed by atoms with Gasteiger partial charge < -0.3 is 15.0 Å². The molecule has 0 amide bonds. The van der Waals surface area contributed by atoms with Crippen LogP contribution < -0.4 is 5.32 Å². The van der Waals surface area contributed by atoms with Crippen LogP contribution in [0.4, 0.5) is 0 Å². The average molecular weight is 491 g/mol. The van der Waals surface area contributed by atoms with E-state index in [1.165, 1.54) is 23.1 Å². The highest BCUT2D eigenvalue weighted by Crippen LogP contribution is 2.33. The fourth-order valence-corrected chi connectivity index (χ4v) is 4.29. The van der Waals surface area contributed by atoms with Gasteiger partial charge in [0.2, 0.25) is 0 Å². The highest BCUT2D eigenvalue weighted by molar-refractivity contribution is 14.0. The van der Waals surface area contributed by atoms with Crippen molar-refractivity contribution in [1.29, 1.82) is 0 Å². The minimum Gasteiger partial charge on any atom is -0.373 e. The Bertz CT molecular complexity index is 780. The van der Waals surface area contributed by atoms with E-state index in [1.807, 2.05) is 7.05 Å². The third kappa shape index (κ3) is 4.87. The zero-order chi connectivity index (χ0) is 18.5. The number of fused-ring (bicyclic) bond motifs is 1. The molecule has 28 heavy (non-hydrogen) atoms. The van der Waals surface area contributed by atoms with Crippen molar-refractivity contribution < 1.29 is 4.74 Å². The number of nitrogens with zero attached hydrogens (tertiary/aromatic N) is 2. The van der Waals surface area contributed by atoms with E-state index >= 15 is 0 Å². The Kier molecular flexibility index (Phi) is 7.73. The molecule has 150 valence electrons. The number of nitrogens with one attached hydrogen (secondary N) is 1. The normalized spacial score (nSPS) is 22.2. The zero-order valence-electron chi connectivity index (χ0n) is 16.5. The van der Waals surface area contributed by atoms with E-state index in [4.69, 9.17) is 4.74 Å². The Labute approximate surface area is 185 Å². The first-order valence-electron chi connectivity index (χ1n) is 10.0. The van der Waals surface area contributed by atoms with Gasteiger partial charge in [0.05, 0.1) is 6.10 Å². The lowest BCUT2D eigenvalue weighted by atomic mass is 9.89. The van der Waals surface area contributed by atoms with Crippen molar-refractivity contribution in [2.45, 2.75) is 31.9 Å². The molecule has 2 heterocycles. The van der Waals surface area contributed by atoms with Gasteiger partial charge in [-0.05, 0) is 36.0 Å². The van der Waals surface area contributed by atoms with Crippen molar-refractivity contribution >= 4 is 29.9 Å². The summed E-state index contributed by atoms with van der Waals surface area (Å²) in [5, 5.41) is 3.64. The molecule has 4 rings (SSSR count). The molecule has 0 aliphatic carbocycles. The average Bonchev–Trinajstić information content (AvgIpc) is 2.75. The molecule has 2 unspecified atom stereocenters. The molecule has 2 aliphatic rings. The number of guanidine groups is 1. The second-order valence-corrected chi connectivity index (χ2v) is 7.47. The third-order valence-electron chi connectivity index (χ3n) is 5.74. The Morgan fingerprint density at radius 1 is 1.11 bits per heavy atom. The summed E-state index contributed by atoms with van der Waals surface area (Å²) in [7, 11) is 1.88. The van der Waals surface area contributed by atoms with Crippen LogP contribution in [0.5, 0.6) is 0 Å². The summed E-state index contributed by atoms with van der Waals surface area (Å²) in [6, 6.07) is 19.4. The maximum absolute atomic E-state index is 6.14. The summed E-state index contributed by atoms with van der Waals surface area (Å²) in [4.78, 5) is 6.92. The van der Waals surface area contributed by atoms with Gasteiger partial charge in [0, 0.05) is 39.2 Å². The first-order valence-corrected chi connectivity index (χ1v) is 10.0. The second-order valence-electron chi connectivity index (χ2n) is 7.47. The van der Waals surface area contributed by atoms with Gasteiger partial charge in [-0.15, -0.1) is 24.0 Å². The Morgan fingerprint density at radius 3 is 2.64 bits per heavy atom. The quantitative estimate of drug-likeness (QED) is 0.393. The van der Waals surface area contributed by atoms with Crippen LogP contribution in [0.2, 0.25) is 0 Å². The summed E-state index contributed by atoms with van der Waals surface area (Å²) in [5.41, 5.74) is 4.16. The van der Waals surface area contributed by atoms with Gasteiger partial charge in [-0.25, -0.2) is 0 Å². The lowest BCUT2D eigenvalue weighted by Crippen LogP contribution is -2.46. The highest BCUT2D eigenvalue weighted by Gasteiger charge is 2.28. The highest BCUT2D eigenvalue weighted by atomic mass is 127. The maximum atomic E-state index is 6.14. The molecule has 4 nitrogen and oxygen atoms in total. The van der Waals surface area contributed by atoms with Crippen LogP contribution in [-0.4, -0.2) is 37.6 Å². The smallest absolute Gasteiger partial charge is 0.193 e. The van der Waals surface area contributed by atoms with Crippen molar-refractivity contribution in [1.82, 2.24) is 10.2 Å². The summed E-state index contributed by atoms with van der Waals surface area (Å²) in [6.07, 6.45) is 3.57. The minimum absolute atomic E-state index is 0. The van der Waals surface area contributed by atoms with E-state index in [2.05, 4.69) is 69.8 Å². The molecule has 0 aromatic heterocycles. The molecule has 0 spiro atoms. The van der Waals surface area contributed by atoms with Crippen LogP contribution in [0.1, 0.15) is 35.6 Å². The summed E-state index contributed by atoms with van der Waals surface area (Å²) >= 11 is 0. The Hall–Kier alpha value is -1.60. The minimum atomic E-state index is 0. The van der Waals surface area contributed by atoms with Crippen LogP contribution in [0, 0.1) is 5.92 Å². The molecule has 0 saturated carbocycles. The van der Waals surface area contributed by atoms with Crippen molar-refractivity contribution in [2.75, 3.05) is 26.7 Å². The van der Waals surface area contributed by atoms with Crippen LogP contribution in [0.15, 0.2) is 59.6 Å². The van der Waals surface area contributed by atoms with Crippen molar-refractivity contribution in [3.63, 3.8) is 0 Å². The standard InChI is InChI=1S/C23H29N3O.HI/c1-24-23(26-14-13-18-8-5-6-11-21(18)17-26)25-16-20-12-7-15-27-22(20)19-9-3-2-4-10-19;/h2-6,8-11,20,22H,7,12-17H2,1H3,(H,24,25);1H. The van der Waals surface area contributed by atoms with Gasteiger partial charge >= 0.3 is 0 Å². The molecule has 2 atom stereocenters. The molecule has 2 aromatic rings. The van der Waals surface area contributed by atoms with E-state index in [9.17, 15) is 0 Å². The zero-order valence-corrected chi connectivity index (χ0v) is 18.8. The van der Waals surface area contributed by atoms with E-state index in [1.54, 1.807) is 0 Å². The van der Waals surface area contributed by atoms with Gasteiger partial charge in [-0.2, -0.15) is 0 Å². The Balaban J connectivity index is 0.00000225. The van der Waals surface area contributed by atoms with Gasteiger partial charge in [-0.1, -0.05) is 54.6 Å². The number of halogens is 1. The van der Waals surface area contributed by atoms with Crippen LogP contribution in [-0.2, 0) is 17.7 Å². The lowest BCUT2D eigenvalue weighted by Gasteiger charge is -2.35. The SMILES string of the molecule is CN=C(NCC1CCCOC1c1ccccc1)N1CCc2ccccc2C1.I. The molecule has 1 fully saturated rings. The molecule has 1 N–H and O–H groups in total. The maximum Gasteiger partial charge on any atom is 0.193 e. The molecule has 2 aromatic carbocycles. The number of hydrogen-bond acceptors (Lipinski definition) is 2. The molecule has 0 radical (unpaired) electrons. The number of aliphatic imine (C=N–C) groups is 1. The van der Waals surface area contributed by atoms with Crippen LogP contribution in [0.25, 0.3) is 0 Å². The number of rotatable bonds is 3. The van der Waals surface area contributed by atoms with E-state index < -0.39 is 0 Å². The number of benzene rings is 2. The van der Waals surface area contributed by atoms with Crippen molar-refractivity contribution in [3.05, 3.63) is 71.3 Å². The molecule has 5 heteroatoms. The molecule has 0 bridgehead atoms. The van der Waals surface area contributed by atoms with Gasteiger partial charge in [-0.3, -0.25) is 4.99 Å². The number of hydrogen-bond donors (Lipinski definition) is 1. The predicted molar refractivity (Wildman–Crippen MR) is 125 cm³/mol. The largest absolute Gasteiger partial charge is 0.373 e. The van der Waals surface area contributed by atoms with E-state index in [-0.39, 0.29) is 30.1 Å². The second kappa shape index (κ2) is 10.3. The fraction of sp³-hybridized carbons (Fsp3) is 0.435. The van der Waals surface area contributed by atoms with Crippen molar-refractivity contribution in [3.8, 4) is 0 Å². The predicted octanol–water partition coefficient (Wildman–Crippen LogP) is 4.41. The Morgan fingerprint density at radius 2 is 1.86 bits per heavy atom. The topological polar surface area (TPSA) is 36.9 Å². The molecule has 2 aliphatic heterocycles. The van der Waals surface area contributed by atoms with Gasteiger partial charge in [0.25, 0.3) is 0 Å². The van der Waals surface area contributed by atoms with Crippen molar-refractivity contribution in [2.24, 2.45) is 10.9 Å². The van der Waals surface area contributed by atoms with Crippen LogP contribution >= 0.6 is 24.0 Å². The summed E-state index contributed by atoms with van der Waals surface area (Å²) < 4.78 is 6.14. The lowest BCUT2D eigenvalue weighted by molar-refractivity contribution is -0.0267. The monoisotopic (exact) mass is 491 g/mol. The first kappa shape index (κ1) is 21.1. The fourth-order valence-electron chi connectivity index (χ4n) is 4.29. The number of ether oxygens (including phenoxy) is 1. The first-order chi connectivity index (χ1) is 13.3. The molecule has 1 saturated heterocycles. The summed E-state index contributed by atoms with van der Waals surface area (Å²) in [6.45, 7) is 3.69. The van der Waals surface area contributed by atoms with E-state index in [0.717, 1.165) is 45.0 Å². The summed E-state index contributed by atoms with van der Waals surface area (Å²) in [5.74, 6) is 1.47. The van der Waals surface area contributed by atoms with E-state index in [0.29, 0.717) is 5.92 Å². The molecular weight excluding hydrogens is 461 g/mol. The third-order valence-corrected chi connectivity index (χ3v) is 5.74. The van der Waals surface area contributed by atoms with Gasteiger partial charge in [0.1, 0.15) is 0 Å².